The highest BCUT2D eigenvalue weighted by atomic mass is 16.1. The number of hydrogen-bond donors (Lipinski definition) is 2. The van der Waals surface area contributed by atoms with Crippen LogP contribution in [0.5, 0.6) is 0 Å². The van der Waals surface area contributed by atoms with E-state index in [0.29, 0.717) is 11.6 Å². The molecule has 0 aliphatic rings. The molecule has 6 nitrogen and oxygen atoms in total. The summed E-state index contributed by atoms with van der Waals surface area (Å²) in [6.45, 7) is 3.81. The van der Waals surface area contributed by atoms with Crippen LogP contribution < -0.4 is 10.6 Å². The molecule has 0 atom stereocenters. The van der Waals surface area contributed by atoms with Crippen molar-refractivity contribution in [3.8, 4) is 0 Å². The molecule has 3 rings (SSSR count). The minimum absolute atomic E-state index is 0.0520. The van der Waals surface area contributed by atoms with E-state index in [4.69, 9.17) is 0 Å². The first-order valence-corrected chi connectivity index (χ1v) is 7.38. The Hall–Kier alpha value is -3.02. The predicted octanol–water partition coefficient (Wildman–Crippen LogP) is 2.91. The minimum atomic E-state index is -0.221. The van der Waals surface area contributed by atoms with Gasteiger partial charge in [0.1, 0.15) is 5.69 Å². The number of pyridine rings is 1. The maximum Gasteiger partial charge on any atom is 0.270 e. The van der Waals surface area contributed by atoms with Crippen LogP contribution >= 0.6 is 0 Å². The lowest BCUT2D eigenvalue weighted by Crippen LogP contribution is -2.30. The monoisotopic (exact) mass is 307 g/mol. The van der Waals surface area contributed by atoms with Crippen LogP contribution in [0, 0.1) is 0 Å². The Morgan fingerprint density at radius 2 is 1.87 bits per heavy atom. The highest BCUT2D eigenvalue weighted by molar-refractivity contribution is 5.93. The molecule has 1 amide bonds. The van der Waals surface area contributed by atoms with E-state index in [0.717, 1.165) is 16.6 Å². The number of benzene rings is 1. The molecular weight excluding hydrogens is 290 g/mol. The topological polar surface area (TPSA) is 79.8 Å². The van der Waals surface area contributed by atoms with Crippen LogP contribution in [0.15, 0.2) is 48.8 Å². The van der Waals surface area contributed by atoms with Crippen LogP contribution in [-0.2, 0) is 0 Å². The molecule has 0 saturated carbocycles. The third-order valence-corrected chi connectivity index (χ3v) is 3.19. The Morgan fingerprint density at radius 3 is 2.70 bits per heavy atom. The van der Waals surface area contributed by atoms with Gasteiger partial charge in [0.15, 0.2) is 0 Å². The zero-order valence-electron chi connectivity index (χ0n) is 12.9. The molecule has 116 valence electrons. The van der Waals surface area contributed by atoms with Crippen molar-refractivity contribution in [1.82, 2.24) is 20.3 Å². The second-order valence-electron chi connectivity index (χ2n) is 5.40. The second-order valence-corrected chi connectivity index (χ2v) is 5.40. The Morgan fingerprint density at radius 1 is 1.04 bits per heavy atom. The number of rotatable bonds is 4. The van der Waals surface area contributed by atoms with Gasteiger partial charge in [-0.1, -0.05) is 18.2 Å². The fourth-order valence-electron chi connectivity index (χ4n) is 2.21. The summed E-state index contributed by atoms with van der Waals surface area (Å²) in [6.07, 6.45) is 3.30. The lowest BCUT2D eigenvalue weighted by atomic mass is 10.2. The fourth-order valence-corrected chi connectivity index (χ4v) is 2.21. The van der Waals surface area contributed by atoms with E-state index in [1.54, 1.807) is 18.5 Å². The van der Waals surface area contributed by atoms with Gasteiger partial charge in [-0.25, -0.2) is 9.97 Å². The number of fused-ring (bicyclic) bond motifs is 1. The van der Waals surface area contributed by atoms with Gasteiger partial charge in [0.2, 0.25) is 5.95 Å². The molecule has 0 bridgehead atoms. The number of amides is 1. The highest BCUT2D eigenvalue weighted by Gasteiger charge is 2.10. The number of para-hydroxylation sites is 1. The van der Waals surface area contributed by atoms with E-state index >= 15 is 0 Å². The van der Waals surface area contributed by atoms with Crippen molar-refractivity contribution < 1.29 is 4.79 Å². The van der Waals surface area contributed by atoms with Gasteiger partial charge in [-0.15, -0.1) is 0 Å². The van der Waals surface area contributed by atoms with Crippen molar-refractivity contribution in [1.29, 1.82) is 0 Å². The van der Waals surface area contributed by atoms with E-state index in [2.05, 4.69) is 25.6 Å². The molecular formula is C17H17N5O. The number of carbonyl (C=O) groups is 1. The molecule has 0 aliphatic heterocycles. The summed E-state index contributed by atoms with van der Waals surface area (Å²) < 4.78 is 0. The molecule has 0 spiro atoms. The highest BCUT2D eigenvalue weighted by Crippen LogP contribution is 2.22. The van der Waals surface area contributed by atoms with E-state index < -0.39 is 0 Å². The van der Waals surface area contributed by atoms with Gasteiger partial charge in [0.25, 0.3) is 5.91 Å². The normalized spacial score (nSPS) is 10.7. The predicted molar refractivity (Wildman–Crippen MR) is 89.7 cm³/mol. The second kappa shape index (κ2) is 6.39. The van der Waals surface area contributed by atoms with Crippen LogP contribution in [-0.4, -0.2) is 26.9 Å². The van der Waals surface area contributed by atoms with Crippen LogP contribution in [0.2, 0.25) is 0 Å². The number of aromatic nitrogens is 3. The van der Waals surface area contributed by atoms with Gasteiger partial charge in [0, 0.05) is 23.8 Å². The van der Waals surface area contributed by atoms with Crippen molar-refractivity contribution in [3.63, 3.8) is 0 Å². The average molecular weight is 307 g/mol. The Kier molecular flexibility index (Phi) is 4.14. The smallest absolute Gasteiger partial charge is 0.270 e. The lowest BCUT2D eigenvalue weighted by Gasteiger charge is -2.10. The van der Waals surface area contributed by atoms with Gasteiger partial charge in [-0.05, 0) is 32.0 Å². The van der Waals surface area contributed by atoms with Gasteiger partial charge in [0.05, 0.1) is 11.2 Å². The molecule has 0 radical (unpaired) electrons. The summed E-state index contributed by atoms with van der Waals surface area (Å²) >= 11 is 0. The van der Waals surface area contributed by atoms with Gasteiger partial charge in [-0.3, -0.25) is 9.78 Å². The van der Waals surface area contributed by atoms with E-state index in [1.807, 2.05) is 44.2 Å². The fraction of sp³-hybridized carbons (Fsp3) is 0.176. The van der Waals surface area contributed by atoms with E-state index in [9.17, 15) is 4.79 Å². The van der Waals surface area contributed by atoms with Crippen molar-refractivity contribution in [3.05, 3.63) is 54.5 Å². The third kappa shape index (κ3) is 3.42. The first-order valence-electron chi connectivity index (χ1n) is 7.38. The van der Waals surface area contributed by atoms with Crippen LogP contribution in [0.1, 0.15) is 24.3 Å². The Balaban J connectivity index is 1.89. The standard InChI is InChI=1S/C17H17N5O/c1-11(2)20-16(23)14-8-10-19-17(22-14)21-13-7-3-5-12-6-4-9-18-15(12)13/h3-11H,1-2H3,(H,20,23)(H,19,21,22). The number of nitrogens with one attached hydrogen (secondary N) is 2. The minimum Gasteiger partial charge on any atom is -0.349 e. The van der Waals surface area contributed by atoms with Gasteiger partial charge in [-0.2, -0.15) is 0 Å². The van der Waals surface area contributed by atoms with Gasteiger partial charge < -0.3 is 10.6 Å². The molecule has 0 saturated heterocycles. The SMILES string of the molecule is CC(C)NC(=O)c1ccnc(Nc2cccc3cccnc23)n1. The summed E-state index contributed by atoms with van der Waals surface area (Å²) in [5.41, 5.74) is 1.95. The summed E-state index contributed by atoms with van der Waals surface area (Å²) in [7, 11) is 0. The Labute approximate surface area is 134 Å². The summed E-state index contributed by atoms with van der Waals surface area (Å²) in [6, 6.07) is 11.3. The number of anilines is 2. The molecule has 3 aromatic rings. The van der Waals surface area contributed by atoms with Crippen LogP contribution in [0.4, 0.5) is 11.6 Å². The molecule has 0 unspecified atom stereocenters. The average Bonchev–Trinajstić information content (AvgIpc) is 2.55. The first-order chi connectivity index (χ1) is 11.1. The largest absolute Gasteiger partial charge is 0.349 e. The summed E-state index contributed by atoms with van der Waals surface area (Å²) in [4.78, 5) is 24.8. The third-order valence-electron chi connectivity index (χ3n) is 3.19. The van der Waals surface area contributed by atoms with Crippen molar-refractivity contribution in [2.45, 2.75) is 19.9 Å². The van der Waals surface area contributed by atoms with E-state index in [1.165, 1.54) is 0 Å². The van der Waals surface area contributed by atoms with Crippen LogP contribution in [0.3, 0.4) is 0 Å². The maximum atomic E-state index is 12.0. The lowest BCUT2D eigenvalue weighted by molar-refractivity contribution is 0.0938. The number of nitrogens with zero attached hydrogens (tertiary/aromatic N) is 3. The molecule has 2 heterocycles. The zero-order chi connectivity index (χ0) is 16.2. The molecule has 2 aromatic heterocycles. The molecule has 0 aliphatic carbocycles. The summed E-state index contributed by atoms with van der Waals surface area (Å²) in [5.74, 6) is 0.140. The number of hydrogen-bond acceptors (Lipinski definition) is 5. The van der Waals surface area contributed by atoms with Crippen molar-refractivity contribution in [2.24, 2.45) is 0 Å². The molecule has 6 heteroatoms. The van der Waals surface area contributed by atoms with Gasteiger partial charge >= 0.3 is 0 Å². The Bertz CT molecular complexity index is 842. The molecule has 2 N–H and O–H groups in total. The first kappa shape index (κ1) is 14.9. The number of carbonyl (C=O) groups excluding carboxylic acids is 1. The van der Waals surface area contributed by atoms with Crippen LogP contribution in [0.25, 0.3) is 10.9 Å². The molecule has 23 heavy (non-hydrogen) atoms. The van der Waals surface area contributed by atoms with Crippen molar-refractivity contribution >= 4 is 28.4 Å². The molecule has 1 aromatic carbocycles. The van der Waals surface area contributed by atoms with Crippen molar-refractivity contribution in [2.75, 3.05) is 5.32 Å². The molecule has 0 fully saturated rings. The summed E-state index contributed by atoms with van der Waals surface area (Å²) in [5, 5.41) is 6.96. The quantitative estimate of drug-likeness (QED) is 0.774. The zero-order valence-corrected chi connectivity index (χ0v) is 12.9. The maximum absolute atomic E-state index is 12.0. The van der Waals surface area contributed by atoms with E-state index in [-0.39, 0.29) is 11.9 Å².